The van der Waals surface area contributed by atoms with Crippen LogP contribution in [0.1, 0.15) is 44.7 Å². The normalized spacial score (nSPS) is 12.8. The summed E-state index contributed by atoms with van der Waals surface area (Å²) in [6.07, 6.45) is 1.92. The van der Waals surface area contributed by atoms with Crippen LogP contribution in [-0.4, -0.2) is 34.6 Å². The second-order valence-electron chi connectivity index (χ2n) is 5.87. The van der Waals surface area contributed by atoms with Crippen LogP contribution >= 0.6 is 48.8 Å². The average Bonchev–Trinajstić information content (AvgIpc) is 2.66. The zero-order valence-corrected chi connectivity index (χ0v) is 17.7. The van der Waals surface area contributed by atoms with Crippen LogP contribution in [-0.2, 0) is 0 Å². The molecule has 0 fully saturated rings. The second-order valence-corrected chi connectivity index (χ2v) is 9.03. The molecule has 2 aromatic rings. The van der Waals surface area contributed by atoms with Crippen LogP contribution in [0, 0.1) is 0 Å². The Hall–Kier alpha value is -0.820. The molecule has 0 aliphatic heterocycles. The quantitative estimate of drug-likeness (QED) is 0.295. The maximum Gasteiger partial charge on any atom is 0.196 e. The molecule has 26 heavy (non-hydrogen) atoms. The molecule has 0 N–H and O–H groups in total. The molecule has 0 saturated carbocycles. The Morgan fingerprint density at radius 3 is 1.58 bits per heavy atom. The molecular weight excluding hydrogens is 400 g/mol. The molecule has 1 aliphatic carbocycles. The number of hydrogen-bond acceptors (Lipinski definition) is 6. The minimum Gasteiger partial charge on any atom is -0.289 e. The molecule has 0 amide bonds. The van der Waals surface area contributed by atoms with Crippen molar-refractivity contribution in [1.29, 1.82) is 0 Å². The van der Waals surface area contributed by atoms with Gasteiger partial charge < -0.3 is 0 Å². The zero-order chi connectivity index (χ0) is 18.5. The summed E-state index contributed by atoms with van der Waals surface area (Å²) >= 11 is 11.7. The van der Waals surface area contributed by atoms with E-state index >= 15 is 0 Å². The van der Waals surface area contributed by atoms with Crippen molar-refractivity contribution in [3.05, 3.63) is 58.7 Å². The first-order chi connectivity index (χ1) is 12.7. The standard InChI is InChI=1S/C20H20O2S4/c21-19-13-5-1-7-15(25-11-3-9-23)17(13)20(22)18-14(19)6-2-8-16(18)26-12-4-10-24/h1-2,5-8,23-24H,3-4,9-12H2. The molecule has 2 aromatic carbocycles. The number of ketones is 2. The Morgan fingerprint density at radius 1 is 0.692 bits per heavy atom. The van der Waals surface area contributed by atoms with Crippen LogP contribution in [0.4, 0.5) is 0 Å². The Bertz CT molecular complexity index is 767. The number of carbonyl (C=O) groups is 2. The van der Waals surface area contributed by atoms with E-state index in [2.05, 4.69) is 25.3 Å². The summed E-state index contributed by atoms with van der Waals surface area (Å²) in [6.45, 7) is 0. The minimum absolute atomic E-state index is 0.0300. The van der Waals surface area contributed by atoms with E-state index < -0.39 is 0 Å². The first kappa shape index (κ1) is 19.9. The molecule has 0 bridgehead atoms. The van der Waals surface area contributed by atoms with Crippen LogP contribution in [0.25, 0.3) is 0 Å². The molecule has 3 rings (SSSR count). The summed E-state index contributed by atoms with van der Waals surface area (Å²) in [6, 6.07) is 11.1. The van der Waals surface area contributed by atoms with E-state index in [1.165, 1.54) is 0 Å². The van der Waals surface area contributed by atoms with Gasteiger partial charge in [-0.2, -0.15) is 25.3 Å². The van der Waals surface area contributed by atoms with Crippen molar-refractivity contribution in [3.63, 3.8) is 0 Å². The Balaban J connectivity index is 2.02. The van der Waals surface area contributed by atoms with Crippen LogP contribution in [0.15, 0.2) is 46.2 Å². The van der Waals surface area contributed by atoms with Gasteiger partial charge in [-0.1, -0.05) is 24.3 Å². The molecule has 0 unspecified atom stereocenters. The van der Waals surface area contributed by atoms with Crippen molar-refractivity contribution in [1.82, 2.24) is 0 Å². The molecule has 0 radical (unpaired) electrons. The lowest BCUT2D eigenvalue weighted by Crippen LogP contribution is -2.22. The van der Waals surface area contributed by atoms with E-state index in [-0.39, 0.29) is 11.6 Å². The van der Waals surface area contributed by atoms with Gasteiger partial charge in [0.05, 0.1) is 0 Å². The SMILES string of the molecule is O=C1c2cccc(SCCCS)c2C(=O)c2c(SCCCS)cccc21. The van der Waals surface area contributed by atoms with Gasteiger partial charge in [-0.15, -0.1) is 23.5 Å². The molecule has 0 atom stereocenters. The summed E-state index contributed by atoms with van der Waals surface area (Å²) in [5.41, 5.74) is 2.18. The van der Waals surface area contributed by atoms with E-state index in [0.29, 0.717) is 22.3 Å². The maximum absolute atomic E-state index is 13.4. The highest BCUT2D eigenvalue weighted by Crippen LogP contribution is 2.38. The topological polar surface area (TPSA) is 34.1 Å². The van der Waals surface area contributed by atoms with Crippen molar-refractivity contribution in [2.24, 2.45) is 0 Å². The number of carbonyl (C=O) groups excluding carboxylic acids is 2. The lowest BCUT2D eigenvalue weighted by molar-refractivity contribution is 0.0974. The number of fused-ring (bicyclic) bond motifs is 2. The Morgan fingerprint density at radius 2 is 1.15 bits per heavy atom. The fourth-order valence-electron chi connectivity index (χ4n) is 2.91. The largest absolute Gasteiger partial charge is 0.289 e. The van der Waals surface area contributed by atoms with E-state index in [0.717, 1.165) is 45.6 Å². The second kappa shape index (κ2) is 9.40. The number of rotatable bonds is 8. The van der Waals surface area contributed by atoms with E-state index in [1.54, 1.807) is 35.7 Å². The molecule has 0 heterocycles. The van der Waals surface area contributed by atoms with Crippen molar-refractivity contribution in [2.75, 3.05) is 23.0 Å². The van der Waals surface area contributed by atoms with Crippen molar-refractivity contribution in [2.45, 2.75) is 22.6 Å². The molecule has 1 aliphatic rings. The van der Waals surface area contributed by atoms with Gasteiger partial charge in [0.1, 0.15) is 0 Å². The smallest absolute Gasteiger partial charge is 0.196 e. The van der Waals surface area contributed by atoms with E-state index in [4.69, 9.17) is 0 Å². The highest BCUT2D eigenvalue weighted by atomic mass is 32.2. The fraction of sp³-hybridized carbons (Fsp3) is 0.300. The molecule has 0 saturated heterocycles. The third kappa shape index (κ3) is 4.03. The minimum atomic E-state index is -0.0529. The molecule has 0 spiro atoms. The van der Waals surface area contributed by atoms with Crippen LogP contribution in [0.5, 0.6) is 0 Å². The molecule has 6 heteroatoms. The fourth-order valence-corrected chi connectivity index (χ4v) is 5.72. The Labute approximate surface area is 173 Å². The van der Waals surface area contributed by atoms with E-state index in [1.807, 2.05) is 24.3 Å². The van der Waals surface area contributed by atoms with Gasteiger partial charge in [-0.25, -0.2) is 0 Å². The highest BCUT2D eigenvalue weighted by Gasteiger charge is 2.33. The highest BCUT2D eigenvalue weighted by molar-refractivity contribution is 7.99. The van der Waals surface area contributed by atoms with E-state index in [9.17, 15) is 9.59 Å². The van der Waals surface area contributed by atoms with Crippen molar-refractivity contribution >= 4 is 60.3 Å². The third-order valence-corrected chi connectivity index (χ3v) is 7.04. The third-order valence-electron chi connectivity index (χ3n) is 4.12. The summed E-state index contributed by atoms with van der Waals surface area (Å²) in [7, 11) is 0. The van der Waals surface area contributed by atoms with Crippen LogP contribution in [0.3, 0.4) is 0 Å². The van der Waals surface area contributed by atoms with Crippen molar-refractivity contribution in [3.8, 4) is 0 Å². The van der Waals surface area contributed by atoms with Gasteiger partial charge in [-0.3, -0.25) is 9.59 Å². The monoisotopic (exact) mass is 420 g/mol. The summed E-state index contributed by atoms with van der Waals surface area (Å²) in [4.78, 5) is 28.2. The lowest BCUT2D eigenvalue weighted by Gasteiger charge is -2.22. The lowest BCUT2D eigenvalue weighted by atomic mass is 9.84. The van der Waals surface area contributed by atoms with Gasteiger partial charge in [0.15, 0.2) is 11.6 Å². The first-order valence-corrected chi connectivity index (χ1v) is 11.8. The zero-order valence-electron chi connectivity index (χ0n) is 14.2. The van der Waals surface area contributed by atoms with Crippen LogP contribution < -0.4 is 0 Å². The molecule has 0 aromatic heterocycles. The van der Waals surface area contributed by atoms with Gasteiger partial charge in [0, 0.05) is 32.0 Å². The first-order valence-electron chi connectivity index (χ1n) is 8.51. The predicted molar refractivity (Wildman–Crippen MR) is 118 cm³/mol. The van der Waals surface area contributed by atoms with Gasteiger partial charge in [0.25, 0.3) is 0 Å². The maximum atomic E-state index is 13.4. The number of hydrogen-bond donors (Lipinski definition) is 2. The average molecular weight is 421 g/mol. The summed E-state index contributed by atoms with van der Waals surface area (Å²) < 4.78 is 0. The molecule has 2 nitrogen and oxygen atoms in total. The van der Waals surface area contributed by atoms with Crippen molar-refractivity contribution < 1.29 is 9.59 Å². The predicted octanol–water partition coefficient (Wildman–Crippen LogP) is 5.29. The van der Waals surface area contributed by atoms with Gasteiger partial charge in [0.2, 0.25) is 0 Å². The number of thioether (sulfide) groups is 2. The van der Waals surface area contributed by atoms with Gasteiger partial charge >= 0.3 is 0 Å². The number of benzene rings is 2. The number of thiol groups is 2. The van der Waals surface area contributed by atoms with Crippen LogP contribution in [0.2, 0.25) is 0 Å². The summed E-state index contributed by atoms with van der Waals surface area (Å²) in [5.74, 6) is 3.30. The summed E-state index contributed by atoms with van der Waals surface area (Å²) in [5, 5.41) is 0. The Kier molecular flexibility index (Phi) is 7.20. The molecular formula is C20H20O2S4. The molecule has 136 valence electrons. The van der Waals surface area contributed by atoms with Gasteiger partial charge in [-0.05, 0) is 48.0 Å².